The molecule has 10 atom stereocenters. The Morgan fingerprint density at radius 1 is 0.588 bits per heavy atom. The number of hydrogen-bond donors (Lipinski definition) is 14. The molecule has 114 heavy (non-hydrogen) atoms. The molecular weight excluding hydrogens is 1490 g/mol. The van der Waals surface area contributed by atoms with Crippen molar-refractivity contribution < 1.29 is 85.5 Å². The third-order valence-electron chi connectivity index (χ3n) is 19.2. The zero-order chi connectivity index (χ0) is 85.8. The van der Waals surface area contributed by atoms with E-state index >= 15 is 9.59 Å². The van der Waals surface area contributed by atoms with Crippen LogP contribution in [0.5, 0.6) is 5.75 Å². The van der Waals surface area contributed by atoms with E-state index in [1.54, 1.807) is 161 Å². The Morgan fingerprint density at radius 2 is 1.10 bits per heavy atom. The van der Waals surface area contributed by atoms with Gasteiger partial charge in [-0.25, -0.2) is 22.7 Å². The number of rotatable bonds is 38. The van der Waals surface area contributed by atoms with E-state index in [1.165, 1.54) is 6.92 Å². The minimum absolute atomic E-state index is 0.00738. The van der Waals surface area contributed by atoms with Gasteiger partial charge < -0.3 is 82.3 Å². The summed E-state index contributed by atoms with van der Waals surface area (Å²) in [5.41, 5.74) is -0.514. The molecule has 4 aromatic rings. The number of aliphatic hydroxyl groups excluding tert-OH is 1. The molecule has 0 spiro atoms. The van der Waals surface area contributed by atoms with Crippen molar-refractivity contribution in [2.75, 3.05) is 19.7 Å². The number of ether oxygens (including phenoxy) is 4. The van der Waals surface area contributed by atoms with Gasteiger partial charge in [0, 0.05) is 6.54 Å². The highest BCUT2D eigenvalue weighted by Crippen LogP contribution is 2.43. The molecule has 5 rings (SSSR count). The molecule has 4 aromatic carbocycles. The number of carbonyl (C=O) groups is 10. The van der Waals surface area contributed by atoms with Gasteiger partial charge in [0.05, 0.1) is 47.9 Å². The minimum atomic E-state index is -4.39. The summed E-state index contributed by atoms with van der Waals surface area (Å²) in [6.45, 7) is 34.0. The molecule has 1 unspecified atom stereocenters. The second kappa shape index (κ2) is 41.0. The number of carboxylic acids is 1. The fourth-order valence-corrected chi connectivity index (χ4v) is 14.6. The van der Waals surface area contributed by atoms with E-state index in [2.05, 4.69) is 57.9 Å². The highest BCUT2D eigenvalue weighted by atomic mass is 32.2. The Bertz CT molecular complexity index is 4030. The summed E-state index contributed by atoms with van der Waals surface area (Å²) in [6.07, 6.45) is -3.40. The summed E-state index contributed by atoms with van der Waals surface area (Å²) < 4.78 is 54.5. The van der Waals surface area contributed by atoms with Gasteiger partial charge in [-0.1, -0.05) is 139 Å². The Labute approximate surface area is 671 Å². The minimum Gasteiger partial charge on any atom is -0.487 e. The average Bonchev–Trinajstić information content (AvgIpc) is 0.754. The number of fused-ring (bicyclic) bond motifs is 1. The SMILES string of the molecule is CC[C@H](C)C(NC(=O)[C@H](CCCNC(=N)NS(=O)(=O)c1c(C)c(C)c2c(c1C)CCC(C)(C)O2)NC(=O)[C@H](CC(C)C)NC(=O)[C@@H](NC(=O)OC(C)(C)C)[C@H](O)C(C)C)C(=O)N[C@H](C(=O)NCC(=O)N[C@@H](CC(=O)NC(c1ccccc1)(c1ccccc1)c1ccccc1)C(=O)N[C@@H](COC(C)(C)C)C(=O)O)[C@@H](C)OC(C)(C)C. The number of aliphatic hydroxyl groups is 1. The maximum atomic E-state index is 15.2. The highest BCUT2D eigenvalue weighted by Gasteiger charge is 2.43. The third-order valence-corrected chi connectivity index (χ3v) is 20.8. The van der Waals surface area contributed by atoms with Gasteiger partial charge in [-0.05, 0) is 193 Å². The van der Waals surface area contributed by atoms with E-state index in [0.29, 0.717) is 52.0 Å². The van der Waals surface area contributed by atoms with Gasteiger partial charge in [-0.15, -0.1) is 0 Å². The van der Waals surface area contributed by atoms with Gasteiger partial charge in [0.15, 0.2) is 6.04 Å². The molecule has 0 aromatic heterocycles. The second-order valence-electron chi connectivity index (χ2n) is 33.6. The van der Waals surface area contributed by atoms with Crippen molar-refractivity contribution in [3.8, 4) is 5.75 Å². The van der Waals surface area contributed by atoms with Gasteiger partial charge in [0.1, 0.15) is 58.7 Å². The summed E-state index contributed by atoms with van der Waals surface area (Å²) in [5, 5.41) is 57.0. The van der Waals surface area contributed by atoms with E-state index in [-0.39, 0.29) is 43.0 Å². The van der Waals surface area contributed by atoms with Crippen LogP contribution in [-0.2, 0) is 79.3 Å². The van der Waals surface area contributed by atoms with Gasteiger partial charge in [0.25, 0.3) is 10.0 Å². The number of benzene rings is 4. The van der Waals surface area contributed by atoms with Crippen molar-refractivity contribution in [1.29, 1.82) is 5.41 Å². The standard InChI is InChI=1S/C83H124N12O18S/c1-22-49(6)64(91-70(99)58(88-71(100)59(43-47(2)3)89-75(104)66(67(98)48(4)5)93-78(107)113-81(17,18)19)39-32-42-85-77(84)95-114(108,109)69-51(8)50(7)68-57(52(69)9)40-41-82(20,21)112-68)74(103)92-65(53(10)111-80(14,15)16)73(102)86-45-63(97)87-60(72(101)90-61(76(105)106)46-110-79(11,12)13)44-62(96)94-83(54-33-26-23-27-34-54,55-35-28-24-29-36-55)56-37-30-25-31-38-56/h23-31,33-38,47-49,53,58-61,64-67,98H,22,32,39-46H2,1-21H3,(H,86,102)(H,87,97)(H,88,100)(H,89,104)(H,90,101)(H,91,99)(H,92,103)(H,93,107)(H,94,96)(H,105,106)(H3,84,85,95)/t49-,53+,58-,59-,60-,61-,64?,65-,66-,67+/m0/s1. The van der Waals surface area contributed by atoms with Crippen molar-refractivity contribution in [2.24, 2.45) is 17.8 Å². The Morgan fingerprint density at radius 3 is 1.60 bits per heavy atom. The van der Waals surface area contributed by atoms with Crippen LogP contribution in [0.15, 0.2) is 95.9 Å². The number of sulfonamides is 1. The van der Waals surface area contributed by atoms with E-state index in [1.807, 2.05) is 68.4 Å². The van der Waals surface area contributed by atoms with Crippen molar-refractivity contribution in [3.63, 3.8) is 0 Å². The summed E-state index contributed by atoms with van der Waals surface area (Å²) >= 11 is 0. The Balaban J connectivity index is 1.47. The van der Waals surface area contributed by atoms with Crippen LogP contribution >= 0.6 is 0 Å². The number of guanidine groups is 1. The number of hydrogen-bond acceptors (Lipinski definition) is 18. The molecule has 0 aliphatic carbocycles. The first-order chi connectivity index (χ1) is 52.9. The molecule has 1 aliphatic rings. The number of aliphatic carboxylic acids is 1. The lowest BCUT2D eigenvalue weighted by atomic mass is 9.77. The quantitative estimate of drug-likeness (QED) is 0.00936. The molecule has 9 amide bonds. The van der Waals surface area contributed by atoms with Crippen LogP contribution < -0.4 is 62.6 Å². The smallest absolute Gasteiger partial charge is 0.408 e. The van der Waals surface area contributed by atoms with E-state index in [0.717, 1.165) is 5.56 Å². The first-order valence-electron chi connectivity index (χ1n) is 38.9. The zero-order valence-corrected chi connectivity index (χ0v) is 70.8. The molecule has 0 bridgehead atoms. The van der Waals surface area contributed by atoms with Crippen LogP contribution in [0, 0.1) is 43.9 Å². The van der Waals surface area contributed by atoms with E-state index < -0.39 is 189 Å². The van der Waals surface area contributed by atoms with Crippen LogP contribution in [0.4, 0.5) is 4.79 Å². The number of nitrogens with one attached hydrogen (secondary N) is 12. The Kier molecular flexibility index (Phi) is 34.1. The molecule has 0 radical (unpaired) electrons. The number of amides is 9. The normalized spacial score (nSPS) is 15.6. The molecule has 14 N–H and O–H groups in total. The largest absolute Gasteiger partial charge is 0.487 e. The topological polar surface area (TPSA) is 438 Å². The summed E-state index contributed by atoms with van der Waals surface area (Å²) in [7, 11) is -4.39. The average molecular weight is 1610 g/mol. The van der Waals surface area contributed by atoms with Crippen LogP contribution in [0.25, 0.3) is 0 Å². The predicted octanol–water partition coefficient (Wildman–Crippen LogP) is 6.93. The van der Waals surface area contributed by atoms with Crippen LogP contribution in [0.1, 0.15) is 202 Å². The molecule has 31 heteroatoms. The lowest BCUT2D eigenvalue weighted by Crippen LogP contribution is -2.62. The summed E-state index contributed by atoms with van der Waals surface area (Å²) in [5.74, 6) is -10.8. The second-order valence-corrected chi connectivity index (χ2v) is 35.2. The molecule has 1 heterocycles. The number of alkyl carbamates (subject to hydrolysis) is 1. The first-order valence-corrected chi connectivity index (χ1v) is 40.3. The molecular formula is C83H124N12O18S. The van der Waals surface area contributed by atoms with Crippen LogP contribution in [-0.4, -0.2) is 181 Å². The zero-order valence-electron chi connectivity index (χ0n) is 70.0. The van der Waals surface area contributed by atoms with Crippen molar-refractivity contribution in [3.05, 3.63) is 130 Å². The first kappa shape index (κ1) is 94.9. The summed E-state index contributed by atoms with van der Waals surface area (Å²) in [4.78, 5) is 144. The molecule has 1 aliphatic heterocycles. The predicted molar refractivity (Wildman–Crippen MR) is 432 cm³/mol. The highest BCUT2D eigenvalue weighted by molar-refractivity contribution is 7.90. The van der Waals surface area contributed by atoms with Gasteiger partial charge >= 0.3 is 12.1 Å². The molecule has 0 fully saturated rings. The van der Waals surface area contributed by atoms with Crippen LogP contribution in [0.2, 0.25) is 0 Å². The van der Waals surface area contributed by atoms with Crippen molar-refractivity contribution in [1.82, 2.24) is 57.9 Å². The van der Waals surface area contributed by atoms with Gasteiger partial charge in [-0.3, -0.25) is 43.8 Å². The van der Waals surface area contributed by atoms with Gasteiger partial charge in [0.2, 0.25) is 53.2 Å². The van der Waals surface area contributed by atoms with Gasteiger partial charge in [-0.2, -0.15) is 0 Å². The molecule has 0 saturated heterocycles. The summed E-state index contributed by atoms with van der Waals surface area (Å²) in [6, 6.07) is 15.9. The molecule has 0 saturated carbocycles. The fraction of sp³-hybridized carbons (Fsp3) is 0.578. The lowest BCUT2D eigenvalue weighted by molar-refractivity contribution is -0.146. The third kappa shape index (κ3) is 28.1. The number of carboxylic acid groups (broad SMARTS) is 1. The molecule has 630 valence electrons. The fourth-order valence-electron chi connectivity index (χ4n) is 13.1. The van der Waals surface area contributed by atoms with Crippen LogP contribution in [0.3, 0.4) is 0 Å². The van der Waals surface area contributed by atoms with E-state index in [4.69, 9.17) is 24.4 Å². The monoisotopic (exact) mass is 1610 g/mol. The maximum absolute atomic E-state index is 15.2. The Hall–Kier alpha value is -9.72. The molecule has 30 nitrogen and oxygen atoms in total. The number of carbonyl (C=O) groups excluding carboxylic acids is 9. The lowest BCUT2D eigenvalue weighted by Gasteiger charge is -2.37. The van der Waals surface area contributed by atoms with E-state index in [9.17, 15) is 57.0 Å². The maximum Gasteiger partial charge on any atom is 0.408 e. The van der Waals surface area contributed by atoms with Crippen molar-refractivity contribution >= 4 is 75.3 Å². The van der Waals surface area contributed by atoms with Crippen molar-refractivity contribution in [2.45, 2.75) is 278 Å².